The summed E-state index contributed by atoms with van der Waals surface area (Å²) >= 11 is 0. The zero-order chi connectivity index (χ0) is 6.97. The van der Waals surface area contributed by atoms with E-state index in [-0.39, 0.29) is 6.10 Å². The van der Waals surface area contributed by atoms with Crippen molar-refractivity contribution in [2.45, 2.75) is 44.6 Å². The molecule has 0 spiro atoms. The van der Waals surface area contributed by atoms with Crippen molar-refractivity contribution in [2.75, 3.05) is 0 Å². The Kier molecular flexibility index (Phi) is 1.69. The smallest absolute Gasteiger partial charge is 0.0543 e. The van der Waals surface area contributed by atoms with Gasteiger partial charge in [0.2, 0.25) is 0 Å². The Morgan fingerprint density at radius 2 is 1.70 bits per heavy atom. The van der Waals surface area contributed by atoms with Gasteiger partial charge in [0.05, 0.1) is 6.10 Å². The van der Waals surface area contributed by atoms with Crippen molar-refractivity contribution in [3.05, 3.63) is 0 Å². The van der Waals surface area contributed by atoms with Gasteiger partial charge in [-0.1, -0.05) is 19.3 Å². The predicted octanol–water partition coefficient (Wildman–Crippen LogP) is 1.95. The van der Waals surface area contributed by atoms with E-state index in [0.29, 0.717) is 0 Å². The topological polar surface area (TPSA) is 20.2 Å². The first kappa shape index (κ1) is 6.66. The van der Waals surface area contributed by atoms with Gasteiger partial charge in [0.15, 0.2) is 0 Å². The lowest BCUT2D eigenvalue weighted by atomic mass is 9.80. The Balaban J connectivity index is 1.96. The van der Waals surface area contributed by atoms with E-state index in [9.17, 15) is 5.11 Å². The van der Waals surface area contributed by atoms with Gasteiger partial charge >= 0.3 is 0 Å². The van der Waals surface area contributed by atoms with Gasteiger partial charge in [-0.05, 0) is 31.1 Å². The average Bonchev–Trinajstić information content (AvgIpc) is 2.33. The van der Waals surface area contributed by atoms with Crippen molar-refractivity contribution in [1.29, 1.82) is 0 Å². The van der Waals surface area contributed by atoms with E-state index in [4.69, 9.17) is 0 Å². The van der Waals surface area contributed by atoms with Gasteiger partial charge in [0.25, 0.3) is 0 Å². The summed E-state index contributed by atoms with van der Waals surface area (Å²) in [5, 5.41) is 9.36. The molecule has 10 heavy (non-hydrogen) atoms. The Bertz CT molecular complexity index is 122. The van der Waals surface area contributed by atoms with Crippen molar-refractivity contribution < 1.29 is 5.11 Å². The van der Waals surface area contributed by atoms with Crippen molar-refractivity contribution in [2.24, 2.45) is 11.8 Å². The maximum atomic E-state index is 9.36. The van der Waals surface area contributed by atoms with Crippen LogP contribution in [0.3, 0.4) is 0 Å². The summed E-state index contributed by atoms with van der Waals surface area (Å²) in [6.07, 6.45) is 7.76. The highest BCUT2D eigenvalue weighted by atomic mass is 16.3. The lowest BCUT2D eigenvalue weighted by molar-refractivity contribution is 0.0806. The van der Waals surface area contributed by atoms with Crippen molar-refractivity contribution >= 4 is 0 Å². The second kappa shape index (κ2) is 2.54. The van der Waals surface area contributed by atoms with Crippen LogP contribution in [0, 0.1) is 11.8 Å². The van der Waals surface area contributed by atoms with E-state index >= 15 is 0 Å². The molecular weight excluding hydrogens is 124 g/mol. The fourth-order valence-corrected chi connectivity index (χ4v) is 2.68. The highest BCUT2D eigenvalue weighted by Crippen LogP contribution is 2.41. The lowest BCUT2D eigenvalue weighted by Crippen LogP contribution is -2.23. The van der Waals surface area contributed by atoms with Crippen molar-refractivity contribution in [1.82, 2.24) is 0 Å². The first-order valence-electron chi connectivity index (χ1n) is 4.54. The fraction of sp³-hybridized carbons (Fsp3) is 1.00. The normalized spacial score (nSPS) is 47.1. The van der Waals surface area contributed by atoms with Crippen LogP contribution < -0.4 is 0 Å². The van der Waals surface area contributed by atoms with Gasteiger partial charge in [-0.25, -0.2) is 0 Å². The molecule has 2 rings (SSSR count). The molecule has 58 valence electrons. The van der Waals surface area contributed by atoms with E-state index in [0.717, 1.165) is 24.7 Å². The first-order valence-corrected chi connectivity index (χ1v) is 4.54. The summed E-state index contributed by atoms with van der Waals surface area (Å²) in [4.78, 5) is 0. The SMILES string of the molecule is O[C@H]1CC[C@@H]2CCC[C@H]2C1. The molecule has 0 aromatic heterocycles. The minimum atomic E-state index is 0.0411. The number of aliphatic hydroxyl groups is 1. The maximum Gasteiger partial charge on any atom is 0.0543 e. The van der Waals surface area contributed by atoms with Crippen LogP contribution in [0.1, 0.15) is 38.5 Å². The molecule has 0 bridgehead atoms. The third-order valence-corrected chi connectivity index (χ3v) is 3.26. The molecule has 0 aromatic carbocycles. The Morgan fingerprint density at radius 1 is 0.900 bits per heavy atom. The number of hydrogen-bond donors (Lipinski definition) is 1. The molecule has 2 saturated carbocycles. The maximum absolute atomic E-state index is 9.36. The average molecular weight is 140 g/mol. The summed E-state index contributed by atoms with van der Waals surface area (Å²) in [6, 6.07) is 0. The van der Waals surface area contributed by atoms with Gasteiger partial charge in [-0.3, -0.25) is 0 Å². The minimum Gasteiger partial charge on any atom is -0.393 e. The molecule has 2 aliphatic carbocycles. The highest BCUT2D eigenvalue weighted by Gasteiger charge is 2.32. The van der Waals surface area contributed by atoms with Crippen molar-refractivity contribution in [3.63, 3.8) is 0 Å². The van der Waals surface area contributed by atoms with Gasteiger partial charge in [0.1, 0.15) is 0 Å². The summed E-state index contributed by atoms with van der Waals surface area (Å²) in [7, 11) is 0. The second-order valence-electron chi connectivity index (χ2n) is 3.92. The number of hydrogen-bond acceptors (Lipinski definition) is 1. The summed E-state index contributed by atoms with van der Waals surface area (Å²) in [6.45, 7) is 0. The number of aliphatic hydroxyl groups excluding tert-OH is 1. The molecule has 0 unspecified atom stereocenters. The predicted molar refractivity (Wildman–Crippen MR) is 40.7 cm³/mol. The van der Waals surface area contributed by atoms with Crippen LogP contribution in [0.2, 0.25) is 0 Å². The van der Waals surface area contributed by atoms with Crippen molar-refractivity contribution in [3.8, 4) is 0 Å². The third kappa shape index (κ3) is 1.07. The number of fused-ring (bicyclic) bond motifs is 1. The Morgan fingerprint density at radius 3 is 2.60 bits per heavy atom. The monoisotopic (exact) mass is 140 g/mol. The van der Waals surface area contributed by atoms with E-state index in [2.05, 4.69) is 0 Å². The Hall–Kier alpha value is -0.0400. The minimum absolute atomic E-state index is 0.0411. The third-order valence-electron chi connectivity index (χ3n) is 3.26. The molecule has 0 amide bonds. The van der Waals surface area contributed by atoms with Crippen LogP contribution in [0.5, 0.6) is 0 Å². The molecule has 2 fully saturated rings. The van der Waals surface area contributed by atoms with Crippen LogP contribution >= 0.6 is 0 Å². The van der Waals surface area contributed by atoms with Crippen LogP contribution in [0.25, 0.3) is 0 Å². The van der Waals surface area contributed by atoms with E-state index in [1.807, 2.05) is 0 Å². The number of rotatable bonds is 0. The summed E-state index contributed by atoms with van der Waals surface area (Å²) in [5.74, 6) is 1.88. The second-order valence-corrected chi connectivity index (χ2v) is 3.92. The largest absolute Gasteiger partial charge is 0.393 e. The quantitative estimate of drug-likeness (QED) is 0.545. The van der Waals surface area contributed by atoms with E-state index in [1.165, 1.54) is 25.7 Å². The van der Waals surface area contributed by atoms with Crippen LogP contribution in [-0.2, 0) is 0 Å². The molecule has 0 aliphatic heterocycles. The molecule has 2 aliphatic rings. The zero-order valence-electron chi connectivity index (χ0n) is 6.42. The molecule has 0 saturated heterocycles. The van der Waals surface area contributed by atoms with E-state index in [1.54, 1.807) is 0 Å². The standard InChI is InChI=1S/C9H16O/c10-9-5-4-7-2-1-3-8(7)6-9/h7-10H,1-6H2/t7-,8-,9-/m0/s1. The van der Waals surface area contributed by atoms with Gasteiger partial charge < -0.3 is 5.11 Å². The van der Waals surface area contributed by atoms with Crippen LogP contribution in [0.15, 0.2) is 0 Å². The highest BCUT2D eigenvalue weighted by molar-refractivity contribution is 4.84. The summed E-state index contributed by atoms with van der Waals surface area (Å²) < 4.78 is 0. The molecule has 1 heteroatoms. The van der Waals surface area contributed by atoms with Crippen LogP contribution in [0.4, 0.5) is 0 Å². The molecular formula is C9H16O. The lowest BCUT2D eigenvalue weighted by Gasteiger charge is -2.28. The van der Waals surface area contributed by atoms with E-state index < -0.39 is 0 Å². The van der Waals surface area contributed by atoms with Gasteiger partial charge in [0, 0.05) is 0 Å². The molecule has 0 aromatic rings. The molecule has 1 nitrogen and oxygen atoms in total. The zero-order valence-corrected chi connectivity index (χ0v) is 6.42. The Labute approximate surface area is 62.4 Å². The first-order chi connectivity index (χ1) is 4.86. The van der Waals surface area contributed by atoms with Crippen LogP contribution in [-0.4, -0.2) is 11.2 Å². The molecule has 0 heterocycles. The molecule has 3 atom stereocenters. The van der Waals surface area contributed by atoms with Gasteiger partial charge in [-0.15, -0.1) is 0 Å². The fourth-order valence-electron chi connectivity index (χ4n) is 2.68. The van der Waals surface area contributed by atoms with Gasteiger partial charge in [-0.2, -0.15) is 0 Å². The molecule has 1 N–H and O–H groups in total. The summed E-state index contributed by atoms with van der Waals surface area (Å²) in [5.41, 5.74) is 0. The molecule has 0 radical (unpaired) electrons.